The number of halogens is 2. The lowest BCUT2D eigenvalue weighted by molar-refractivity contribution is -0.145. The molecular weight excluding hydrogens is 317 g/mol. The zero-order chi connectivity index (χ0) is 15.5. The summed E-state index contributed by atoms with van der Waals surface area (Å²) in [5, 5.41) is 11.9. The van der Waals surface area contributed by atoms with Crippen LogP contribution in [-0.4, -0.2) is 34.0 Å². The fraction of sp³-hybridized carbons (Fsp3) is 0.286. The second-order valence-electron chi connectivity index (χ2n) is 4.65. The molecule has 4 nitrogen and oxygen atoms in total. The van der Waals surface area contributed by atoms with E-state index >= 15 is 0 Å². The smallest absolute Gasteiger partial charge is 0.330 e. The highest BCUT2D eigenvalue weighted by Crippen LogP contribution is 2.28. The number of carboxylic acids is 1. The lowest BCUT2D eigenvalue weighted by atomic mass is 9.99. The van der Waals surface area contributed by atoms with Gasteiger partial charge in [0.25, 0.3) is 0 Å². The summed E-state index contributed by atoms with van der Waals surface area (Å²) >= 11 is 7.31. The fourth-order valence-corrected chi connectivity index (χ4v) is 3.54. The number of nitrogens with one attached hydrogen (secondary N) is 1. The van der Waals surface area contributed by atoms with Crippen LogP contribution in [0.15, 0.2) is 24.3 Å². The number of carbonyl (C=O) groups excluding carboxylic acids is 1. The summed E-state index contributed by atoms with van der Waals surface area (Å²) in [6.07, 6.45) is 2.70. The number of rotatable bonds is 4. The zero-order valence-corrected chi connectivity index (χ0v) is 12.5. The quantitative estimate of drug-likeness (QED) is 0.833. The SMILES string of the molecule is O=C(C=Cc1c(F)cccc1Cl)NC1(C(=O)O)CCSC1. The maximum atomic E-state index is 13.5. The van der Waals surface area contributed by atoms with Gasteiger partial charge in [0.05, 0.1) is 5.02 Å². The van der Waals surface area contributed by atoms with E-state index in [0.29, 0.717) is 17.9 Å². The molecule has 0 spiro atoms. The van der Waals surface area contributed by atoms with Crippen LogP contribution in [0.5, 0.6) is 0 Å². The van der Waals surface area contributed by atoms with Gasteiger partial charge in [0.2, 0.25) is 5.91 Å². The average molecular weight is 330 g/mol. The molecule has 1 aromatic carbocycles. The van der Waals surface area contributed by atoms with Crippen LogP contribution < -0.4 is 5.32 Å². The zero-order valence-electron chi connectivity index (χ0n) is 10.9. The van der Waals surface area contributed by atoms with Gasteiger partial charge in [-0.3, -0.25) is 4.79 Å². The molecule has 0 bridgehead atoms. The van der Waals surface area contributed by atoms with Gasteiger partial charge < -0.3 is 10.4 Å². The van der Waals surface area contributed by atoms with Gasteiger partial charge in [-0.15, -0.1) is 0 Å². The lowest BCUT2D eigenvalue weighted by Gasteiger charge is -2.23. The highest BCUT2D eigenvalue weighted by atomic mass is 35.5. The number of hydrogen-bond acceptors (Lipinski definition) is 3. The molecule has 7 heteroatoms. The van der Waals surface area contributed by atoms with Gasteiger partial charge in [-0.2, -0.15) is 11.8 Å². The van der Waals surface area contributed by atoms with Gasteiger partial charge >= 0.3 is 5.97 Å². The largest absolute Gasteiger partial charge is 0.479 e. The van der Waals surface area contributed by atoms with Crippen molar-refractivity contribution in [1.82, 2.24) is 5.32 Å². The molecule has 1 heterocycles. The second kappa shape index (κ2) is 6.49. The molecule has 1 fully saturated rings. The van der Waals surface area contributed by atoms with Crippen LogP contribution >= 0.6 is 23.4 Å². The summed E-state index contributed by atoms with van der Waals surface area (Å²) in [7, 11) is 0. The minimum absolute atomic E-state index is 0.0967. The summed E-state index contributed by atoms with van der Waals surface area (Å²) in [6.45, 7) is 0. The summed E-state index contributed by atoms with van der Waals surface area (Å²) < 4.78 is 13.5. The van der Waals surface area contributed by atoms with Crippen molar-refractivity contribution >= 4 is 41.3 Å². The minimum Gasteiger partial charge on any atom is -0.479 e. The Bertz CT molecular complexity index is 580. The third-order valence-electron chi connectivity index (χ3n) is 3.19. The Hall–Kier alpha value is -1.53. The molecule has 2 rings (SSSR count). The lowest BCUT2D eigenvalue weighted by Crippen LogP contribution is -2.54. The Kier molecular flexibility index (Phi) is 4.90. The number of aliphatic carboxylic acids is 1. The number of thioether (sulfide) groups is 1. The predicted molar refractivity (Wildman–Crippen MR) is 80.9 cm³/mol. The van der Waals surface area contributed by atoms with E-state index in [0.717, 1.165) is 6.08 Å². The van der Waals surface area contributed by atoms with E-state index in [9.17, 15) is 19.1 Å². The van der Waals surface area contributed by atoms with Gasteiger partial charge in [-0.05, 0) is 30.4 Å². The number of amides is 1. The van der Waals surface area contributed by atoms with Crippen LogP contribution in [0.25, 0.3) is 6.08 Å². The van der Waals surface area contributed by atoms with E-state index in [4.69, 9.17) is 11.6 Å². The molecule has 2 N–H and O–H groups in total. The minimum atomic E-state index is -1.24. The summed E-state index contributed by atoms with van der Waals surface area (Å²) in [6, 6.07) is 4.20. The van der Waals surface area contributed by atoms with E-state index in [-0.39, 0.29) is 10.6 Å². The van der Waals surface area contributed by atoms with Crippen LogP contribution in [0, 0.1) is 5.82 Å². The van der Waals surface area contributed by atoms with Gasteiger partial charge in [-0.1, -0.05) is 17.7 Å². The average Bonchev–Trinajstić information content (AvgIpc) is 2.88. The predicted octanol–water partition coefficient (Wildman–Crippen LogP) is 2.57. The van der Waals surface area contributed by atoms with E-state index in [1.54, 1.807) is 0 Å². The van der Waals surface area contributed by atoms with Crippen LogP contribution in [0.4, 0.5) is 4.39 Å². The standard InChI is InChI=1S/C14H13ClFNO3S/c15-10-2-1-3-11(16)9(10)4-5-12(18)17-14(13(19)20)6-7-21-8-14/h1-5H,6-8H2,(H,17,18)(H,19,20). The summed E-state index contributed by atoms with van der Waals surface area (Å²) in [5.41, 5.74) is -1.15. The molecule has 1 aliphatic heterocycles. The Morgan fingerprint density at radius 2 is 2.24 bits per heavy atom. The first kappa shape index (κ1) is 15.9. The van der Waals surface area contributed by atoms with Crippen molar-refractivity contribution in [3.05, 3.63) is 40.7 Å². The molecule has 1 aliphatic rings. The van der Waals surface area contributed by atoms with Crippen molar-refractivity contribution in [2.45, 2.75) is 12.0 Å². The van der Waals surface area contributed by atoms with Crippen molar-refractivity contribution in [3.8, 4) is 0 Å². The molecule has 0 aliphatic carbocycles. The number of benzene rings is 1. The molecule has 1 aromatic rings. The van der Waals surface area contributed by atoms with Gasteiger partial charge in [0, 0.05) is 17.4 Å². The summed E-state index contributed by atoms with van der Waals surface area (Å²) in [5.74, 6) is -1.19. The maximum absolute atomic E-state index is 13.5. The van der Waals surface area contributed by atoms with Crippen LogP contribution in [0.2, 0.25) is 5.02 Å². The van der Waals surface area contributed by atoms with Gasteiger partial charge in [0.15, 0.2) is 0 Å². The fourth-order valence-electron chi connectivity index (χ4n) is 1.99. The van der Waals surface area contributed by atoms with E-state index in [1.165, 1.54) is 36.0 Å². The molecule has 21 heavy (non-hydrogen) atoms. The first-order chi connectivity index (χ1) is 9.94. The highest BCUT2D eigenvalue weighted by Gasteiger charge is 2.42. The molecule has 1 unspecified atom stereocenters. The Morgan fingerprint density at radius 3 is 2.81 bits per heavy atom. The Labute approximate surface area is 130 Å². The van der Waals surface area contributed by atoms with Gasteiger partial charge in [-0.25, -0.2) is 9.18 Å². The Morgan fingerprint density at radius 1 is 1.48 bits per heavy atom. The molecule has 1 atom stereocenters. The highest BCUT2D eigenvalue weighted by molar-refractivity contribution is 7.99. The third kappa shape index (κ3) is 3.57. The number of carboxylic acid groups (broad SMARTS) is 1. The van der Waals surface area contributed by atoms with E-state index in [2.05, 4.69) is 5.32 Å². The topological polar surface area (TPSA) is 66.4 Å². The Balaban J connectivity index is 2.11. The molecule has 112 valence electrons. The number of hydrogen-bond donors (Lipinski definition) is 2. The van der Waals surface area contributed by atoms with Crippen molar-refractivity contribution in [2.75, 3.05) is 11.5 Å². The molecule has 1 amide bonds. The van der Waals surface area contributed by atoms with Gasteiger partial charge in [0.1, 0.15) is 11.4 Å². The van der Waals surface area contributed by atoms with E-state index in [1.807, 2.05) is 0 Å². The van der Waals surface area contributed by atoms with Crippen molar-refractivity contribution in [3.63, 3.8) is 0 Å². The monoisotopic (exact) mass is 329 g/mol. The molecular formula is C14H13ClFNO3S. The maximum Gasteiger partial charge on any atom is 0.330 e. The van der Waals surface area contributed by atoms with Crippen LogP contribution in [0.3, 0.4) is 0 Å². The second-order valence-corrected chi connectivity index (χ2v) is 6.16. The van der Waals surface area contributed by atoms with Crippen molar-refractivity contribution in [1.29, 1.82) is 0 Å². The third-order valence-corrected chi connectivity index (χ3v) is 4.71. The van der Waals surface area contributed by atoms with Crippen molar-refractivity contribution in [2.24, 2.45) is 0 Å². The summed E-state index contributed by atoms with van der Waals surface area (Å²) in [4.78, 5) is 23.2. The van der Waals surface area contributed by atoms with Crippen molar-refractivity contribution < 1.29 is 19.1 Å². The van der Waals surface area contributed by atoms with E-state index < -0.39 is 23.2 Å². The van der Waals surface area contributed by atoms with Crippen LogP contribution in [-0.2, 0) is 9.59 Å². The first-order valence-electron chi connectivity index (χ1n) is 6.20. The molecule has 0 saturated carbocycles. The molecule has 1 saturated heterocycles. The molecule has 0 radical (unpaired) electrons. The number of carbonyl (C=O) groups is 2. The molecule has 0 aromatic heterocycles. The normalized spacial score (nSPS) is 21.6. The van der Waals surface area contributed by atoms with Crippen LogP contribution in [0.1, 0.15) is 12.0 Å². The first-order valence-corrected chi connectivity index (χ1v) is 7.73.